The average Bonchev–Trinajstić information content (AvgIpc) is 2.32. The number of pyridine rings is 1. The molecule has 1 aromatic carbocycles. The van der Waals surface area contributed by atoms with E-state index in [1.807, 2.05) is 18.2 Å². The third-order valence-corrected chi connectivity index (χ3v) is 3.23. The smallest absolute Gasteiger partial charge is 0.126 e. The number of hydrogen-bond donors (Lipinski definition) is 1. The van der Waals surface area contributed by atoms with Crippen molar-refractivity contribution < 1.29 is 0 Å². The average molecular weight is 277 g/mol. The van der Waals surface area contributed by atoms with Crippen LogP contribution >= 0.6 is 15.9 Å². The van der Waals surface area contributed by atoms with Crippen LogP contribution in [0.4, 0.5) is 5.82 Å². The molecule has 0 aliphatic carbocycles. The van der Waals surface area contributed by atoms with Crippen LogP contribution < -0.4 is 5.32 Å². The van der Waals surface area contributed by atoms with Crippen molar-refractivity contribution in [3.05, 3.63) is 58.2 Å². The molecule has 2 rings (SSSR count). The van der Waals surface area contributed by atoms with Gasteiger partial charge in [0.1, 0.15) is 5.82 Å². The maximum absolute atomic E-state index is 4.21. The summed E-state index contributed by atoms with van der Waals surface area (Å²) in [5, 5.41) is 3.28. The lowest BCUT2D eigenvalue weighted by Crippen LogP contribution is -2.00. The van der Waals surface area contributed by atoms with Gasteiger partial charge in [0.2, 0.25) is 0 Å². The minimum Gasteiger partial charge on any atom is -0.366 e. The third kappa shape index (κ3) is 2.83. The minimum absolute atomic E-state index is 0.788. The van der Waals surface area contributed by atoms with Gasteiger partial charge >= 0.3 is 0 Å². The maximum Gasteiger partial charge on any atom is 0.126 e. The van der Waals surface area contributed by atoms with E-state index in [0.717, 1.165) is 16.8 Å². The lowest BCUT2D eigenvalue weighted by molar-refractivity contribution is 1.11. The molecule has 0 spiro atoms. The highest BCUT2D eigenvalue weighted by atomic mass is 79.9. The van der Waals surface area contributed by atoms with E-state index in [9.17, 15) is 0 Å². The summed E-state index contributed by atoms with van der Waals surface area (Å²) in [5.41, 5.74) is 2.49. The Balaban J connectivity index is 2.03. The fraction of sp³-hybridized carbons (Fsp3) is 0.154. The van der Waals surface area contributed by atoms with Gasteiger partial charge in [-0.25, -0.2) is 4.98 Å². The molecule has 0 aliphatic heterocycles. The summed E-state index contributed by atoms with van der Waals surface area (Å²) in [5.74, 6) is 0.902. The first-order valence-corrected chi connectivity index (χ1v) is 5.95. The Morgan fingerprint density at radius 1 is 1.25 bits per heavy atom. The number of halogens is 1. The number of anilines is 1. The number of nitrogens with zero attached hydrogens (tertiary/aromatic N) is 1. The van der Waals surface area contributed by atoms with E-state index in [4.69, 9.17) is 0 Å². The van der Waals surface area contributed by atoms with Gasteiger partial charge in [-0.3, -0.25) is 0 Å². The summed E-state index contributed by atoms with van der Waals surface area (Å²) in [7, 11) is 0. The molecule has 16 heavy (non-hydrogen) atoms. The van der Waals surface area contributed by atoms with E-state index >= 15 is 0 Å². The van der Waals surface area contributed by atoms with E-state index in [0.29, 0.717) is 0 Å². The normalized spacial score (nSPS) is 10.1. The van der Waals surface area contributed by atoms with Crippen LogP contribution in [0, 0.1) is 6.92 Å². The van der Waals surface area contributed by atoms with E-state index < -0.39 is 0 Å². The quantitative estimate of drug-likeness (QED) is 0.923. The minimum atomic E-state index is 0.788. The molecule has 0 fully saturated rings. The number of aromatic nitrogens is 1. The number of aryl methyl sites for hydroxylation is 1. The van der Waals surface area contributed by atoms with Gasteiger partial charge in [-0.1, -0.05) is 34.1 Å². The zero-order valence-electron chi connectivity index (χ0n) is 9.07. The van der Waals surface area contributed by atoms with Gasteiger partial charge < -0.3 is 5.32 Å². The number of benzene rings is 1. The molecule has 0 atom stereocenters. The van der Waals surface area contributed by atoms with Crippen molar-refractivity contribution in [2.24, 2.45) is 0 Å². The Morgan fingerprint density at radius 2 is 2.12 bits per heavy atom. The van der Waals surface area contributed by atoms with Crippen LogP contribution in [0.3, 0.4) is 0 Å². The van der Waals surface area contributed by atoms with Crippen molar-refractivity contribution in [1.82, 2.24) is 4.98 Å². The highest BCUT2D eigenvalue weighted by Crippen LogP contribution is 2.18. The van der Waals surface area contributed by atoms with Crippen LogP contribution in [0.1, 0.15) is 11.1 Å². The zero-order chi connectivity index (χ0) is 11.4. The van der Waals surface area contributed by atoms with Gasteiger partial charge in [-0.15, -0.1) is 0 Å². The molecule has 3 heteroatoms. The van der Waals surface area contributed by atoms with Gasteiger partial charge in [0, 0.05) is 17.2 Å². The van der Waals surface area contributed by atoms with Crippen molar-refractivity contribution in [2.45, 2.75) is 13.5 Å². The van der Waals surface area contributed by atoms with Gasteiger partial charge in [0.25, 0.3) is 0 Å². The van der Waals surface area contributed by atoms with Crippen LogP contribution in [0.25, 0.3) is 0 Å². The van der Waals surface area contributed by atoms with Gasteiger partial charge in [0.05, 0.1) is 0 Å². The fourth-order valence-electron chi connectivity index (χ4n) is 1.41. The summed E-state index contributed by atoms with van der Waals surface area (Å²) in [6, 6.07) is 12.2. The molecule has 0 amide bonds. The number of rotatable bonds is 3. The first-order valence-electron chi connectivity index (χ1n) is 5.15. The molecular weight excluding hydrogens is 264 g/mol. The van der Waals surface area contributed by atoms with E-state index in [1.54, 1.807) is 6.20 Å². The second-order valence-corrected chi connectivity index (χ2v) is 4.51. The Labute approximate surface area is 104 Å². The predicted octanol–water partition coefficient (Wildman–Crippen LogP) is 3.76. The number of hydrogen-bond acceptors (Lipinski definition) is 2. The topological polar surface area (TPSA) is 24.9 Å². The fourth-order valence-corrected chi connectivity index (χ4v) is 1.83. The molecule has 0 bridgehead atoms. The standard InChI is InChI=1S/C13H13BrN2/c1-10-5-6-11(8-12(10)14)9-16-13-4-2-3-7-15-13/h2-8H,9H2,1H3,(H,15,16). The van der Waals surface area contributed by atoms with Crippen molar-refractivity contribution in [1.29, 1.82) is 0 Å². The van der Waals surface area contributed by atoms with Crippen LogP contribution in [-0.2, 0) is 6.54 Å². The van der Waals surface area contributed by atoms with Crippen LogP contribution in [0.15, 0.2) is 47.1 Å². The van der Waals surface area contributed by atoms with Crippen molar-refractivity contribution >= 4 is 21.7 Å². The Bertz CT molecular complexity index is 469. The molecule has 0 radical (unpaired) electrons. The summed E-state index contributed by atoms with van der Waals surface area (Å²) in [4.78, 5) is 4.21. The van der Waals surface area contributed by atoms with E-state index in [2.05, 4.69) is 51.4 Å². The molecule has 0 aliphatic rings. The lowest BCUT2D eigenvalue weighted by Gasteiger charge is -2.06. The molecule has 2 aromatic rings. The van der Waals surface area contributed by atoms with Crippen LogP contribution in [-0.4, -0.2) is 4.98 Å². The van der Waals surface area contributed by atoms with Crippen LogP contribution in [0.2, 0.25) is 0 Å². The van der Waals surface area contributed by atoms with Gasteiger partial charge in [0.15, 0.2) is 0 Å². The largest absolute Gasteiger partial charge is 0.366 e. The predicted molar refractivity (Wildman–Crippen MR) is 70.4 cm³/mol. The van der Waals surface area contributed by atoms with E-state index in [-0.39, 0.29) is 0 Å². The SMILES string of the molecule is Cc1ccc(CNc2ccccn2)cc1Br. The summed E-state index contributed by atoms with van der Waals surface area (Å²) in [6.07, 6.45) is 1.79. The van der Waals surface area contributed by atoms with Crippen molar-refractivity contribution in [3.63, 3.8) is 0 Å². The van der Waals surface area contributed by atoms with Crippen molar-refractivity contribution in [3.8, 4) is 0 Å². The van der Waals surface area contributed by atoms with E-state index in [1.165, 1.54) is 11.1 Å². The molecule has 1 heterocycles. The second-order valence-electron chi connectivity index (χ2n) is 3.65. The second kappa shape index (κ2) is 5.12. The summed E-state index contributed by atoms with van der Waals surface area (Å²) in [6.45, 7) is 2.87. The Kier molecular flexibility index (Phi) is 3.57. The number of nitrogens with one attached hydrogen (secondary N) is 1. The van der Waals surface area contributed by atoms with Crippen LogP contribution in [0.5, 0.6) is 0 Å². The lowest BCUT2D eigenvalue weighted by atomic mass is 10.1. The molecule has 2 nitrogen and oxygen atoms in total. The molecule has 82 valence electrons. The first-order chi connectivity index (χ1) is 7.75. The highest BCUT2D eigenvalue weighted by Gasteiger charge is 1.98. The Morgan fingerprint density at radius 3 is 2.81 bits per heavy atom. The zero-order valence-corrected chi connectivity index (χ0v) is 10.7. The molecule has 0 saturated carbocycles. The molecule has 1 N–H and O–H groups in total. The summed E-state index contributed by atoms with van der Waals surface area (Å²) >= 11 is 3.53. The van der Waals surface area contributed by atoms with Gasteiger partial charge in [-0.05, 0) is 36.2 Å². The molecular formula is C13H13BrN2. The maximum atomic E-state index is 4.21. The van der Waals surface area contributed by atoms with Gasteiger partial charge in [-0.2, -0.15) is 0 Å². The monoisotopic (exact) mass is 276 g/mol. The first kappa shape index (κ1) is 11.1. The molecule has 0 saturated heterocycles. The van der Waals surface area contributed by atoms with Crippen molar-refractivity contribution in [2.75, 3.05) is 5.32 Å². The summed E-state index contributed by atoms with van der Waals surface area (Å²) < 4.78 is 1.15. The Hall–Kier alpha value is -1.35. The molecule has 1 aromatic heterocycles. The molecule has 0 unspecified atom stereocenters. The third-order valence-electron chi connectivity index (χ3n) is 2.37. The highest BCUT2D eigenvalue weighted by molar-refractivity contribution is 9.10.